The van der Waals surface area contributed by atoms with E-state index in [0.29, 0.717) is 12.6 Å². The summed E-state index contributed by atoms with van der Waals surface area (Å²) in [6.07, 6.45) is 1.08. The minimum absolute atomic E-state index is 0.201. The Morgan fingerprint density at radius 1 is 1.24 bits per heavy atom. The van der Waals surface area contributed by atoms with Crippen LogP contribution in [0.5, 0.6) is 0 Å². The zero-order valence-electron chi connectivity index (χ0n) is 12.1. The van der Waals surface area contributed by atoms with E-state index in [9.17, 15) is 4.79 Å². The number of nitrogens with one attached hydrogen (secondary N) is 1. The van der Waals surface area contributed by atoms with Crippen LogP contribution < -0.4 is 5.32 Å². The fourth-order valence-corrected chi connectivity index (χ4v) is 1.60. The van der Waals surface area contributed by atoms with Crippen LogP contribution in [-0.4, -0.2) is 61.5 Å². The van der Waals surface area contributed by atoms with Gasteiger partial charge in [-0.2, -0.15) is 0 Å². The summed E-state index contributed by atoms with van der Waals surface area (Å²) >= 11 is 0. The second-order valence-electron chi connectivity index (χ2n) is 4.67. The summed E-state index contributed by atoms with van der Waals surface area (Å²) in [6.45, 7) is 12.5. The quantitative estimate of drug-likeness (QED) is 0.618. The van der Waals surface area contributed by atoms with Crippen LogP contribution in [0.25, 0.3) is 0 Å². The fourth-order valence-electron chi connectivity index (χ4n) is 1.60. The molecule has 0 heterocycles. The lowest BCUT2D eigenvalue weighted by Gasteiger charge is -2.21. The molecule has 0 unspecified atom stereocenters. The molecule has 0 aliphatic carbocycles. The molecule has 1 N–H and O–H groups in total. The second-order valence-corrected chi connectivity index (χ2v) is 4.67. The van der Waals surface area contributed by atoms with Crippen molar-refractivity contribution in [3.8, 4) is 0 Å². The molecule has 0 aromatic heterocycles. The maximum absolute atomic E-state index is 11.7. The minimum Gasteiger partial charge on any atom is -0.342 e. The van der Waals surface area contributed by atoms with Crippen molar-refractivity contribution in [1.82, 2.24) is 15.1 Å². The summed E-state index contributed by atoms with van der Waals surface area (Å²) < 4.78 is 0. The molecule has 4 heteroatoms. The summed E-state index contributed by atoms with van der Waals surface area (Å²) in [4.78, 5) is 15.8. The molecule has 0 aliphatic heterocycles. The zero-order valence-corrected chi connectivity index (χ0v) is 12.1. The summed E-state index contributed by atoms with van der Waals surface area (Å²) in [5, 5.41) is 3.21. The van der Waals surface area contributed by atoms with E-state index in [0.717, 1.165) is 32.6 Å². The third-order valence-corrected chi connectivity index (χ3v) is 3.14. The molecular weight excluding hydrogens is 214 g/mol. The third kappa shape index (κ3) is 7.34. The Kier molecular flexibility index (Phi) is 9.09. The molecule has 102 valence electrons. The van der Waals surface area contributed by atoms with Gasteiger partial charge in [-0.25, -0.2) is 0 Å². The van der Waals surface area contributed by atoms with Crippen LogP contribution in [0.2, 0.25) is 0 Å². The second kappa shape index (κ2) is 9.42. The van der Waals surface area contributed by atoms with Crippen LogP contribution in [0.4, 0.5) is 0 Å². The number of carbonyl (C=O) groups is 1. The van der Waals surface area contributed by atoms with Gasteiger partial charge in [0.2, 0.25) is 5.91 Å². The highest BCUT2D eigenvalue weighted by molar-refractivity contribution is 5.78. The van der Waals surface area contributed by atoms with Crippen molar-refractivity contribution in [1.29, 1.82) is 0 Å². The molecule has 0 saturated carbocycles. The molecule has 0 spiro atoms. The van der Waals surface area contributed by atoms with Crippen LogP contribution >= 0.6 is 0 Å². The zero-order chi connectivity index (χ0) is 13.3. The van der Waals surface area contributed by atoms with Crippen molar-refractivity contribution >= 4 is 5.91 Å². The predicted molar refractivity (Wildman–Crippen MR) is 73.2 cm³/mol. The van der Waals surface area contributed by atoms with Gasteiger partial charge in [0.15, 0.2) is 0 Å². The van der Waals surface area contributed by atoms with E-state index in [1.165, 1.54) is 0 Å². The van der Waals surface area contributed by atoms with Crippen LogP contribution in [0, 0.1) is 0 Å². The minimum atomic E-state index is 0.201. The van der Waals surface area contributed by atoms with Crippen molar-refractivity contribution in [2.45, 2.75) is 40.2 Å². The molecule has 0 aromatic rings. The highest BCUT2D eigenvalue weighted by Gasteiger charge is 2.08. The Bertz CT molecular complexity index is 203. The smallest absolute Gasteiger partial charge is 0.236 e. The first-order valence-corrected chi connectivity index (χ1v) is 6.71. The Morgan fingerprint density at radius 2 is 1.82 bits per heavy atom. The summed E-state index contributed by atoms with van der Waals surface area (Å²) in [5.74, 6) is 0.201. The van der Waals surface area contributed by atoms with Gasteiger partial charge in [0.1, 0.15) is 0 Å². The van der Waals surface area contributed by atoms with Crippen LogP contribution in [0.3, 0.4) is 0 Å². The number of rotatable bonds is 9. The van der Waals surface area contributed by atoms with E-state index in [2.05, 4.69) is 31.1 Å². The number of hydrogen-bond acceptors (Lipinski definition) is 3. The molecule has 0 aromatic carbocycles. The summed E-state index contributed by atoms with van der Waals surface area (Å²) in [6, 6.07) is 0.590. The van der Waals surface area contributed by atoms with Gasteiger partial charge in [-0.15, -0.1) is 0 Å². The lowest BCUT2D eigenvalue weighted by molar-refractivity contribution is -0.129. The summed E-state index contributed by atoms with van der Waals surface area (Å²) in [7, 11) is 2.13. The number of carbonyl (C=O) groups excluding carboxylic acids is 1. The van der Waals surface area contributed by atoms with E-state index in [-0.39, 0.29) is 5.91 Å². The monoisotopic (exact) mass is 243 g/mol. The van der Waals surface area contributed by atoms with Gasteiger partial charge in [0, 0.05) is 19.1 Å². The average molecular weight is 243 g/mol. The first-order chi connectivity index (χ1) is 8.02. The van der Waals surface area contributed by atoms with Crippen molar-refractivity contribution in [3.63, 3.8) is 0 Å². The topological polar surface area (TPSA) is 35.6 Å². The summed E-state index contributed by atoms with van der Waals surface area (Å²) in [5.41, 5.74) is 0. The highest BCUT2D eigenvalue weighted by atomic mass is 16.2. The van der Waals surface area contributed by atoms with Gasteiger partial charge in [-0.1, -0.05) is 0 Å². The number of likely N-dealkylation sites (N-methyl/N-ethyl adjacent to an activating group) is 1. The first-order valence-electron chi connectivity index (χ1n) is 6.71. The van der Waals surface area contributed by atoms with Gasteiger partial charge in [0.25, 0.3) is 0 Å². The van der Waals surface area contributed by atoms with E-state index < -0.39 is 0 Å². The SMILES string of the molecule is CCN(CC)C(=O)CNCCCN(C)C(C)C. The molecule has 0 aliphatic rings. The number of amides is 1. The van der Waals surface area contributed by atoms with Gasteiger partial charge >= 0.3 is 0 Å². The molecule has 0 bridgehead atoms. The molecule has 0 saturated heterocycles. The first kappa shape index (κ1) is 16.4. The molecule has 0 rings (SSSR count). The van der Waals surface area contributed by atoms with Crippen molar-refractivity contribution in [2.24, 2.45) is 0 Å². The van der Waals surface area contributed by atoms with Gasteiger partial charge in [-0.05, 0) is 54.3 Å². The third-order valence-electron chi connectivity index (χ3n) is 3.14. The normalized spacial score (nSPS) is 11.2. The largest absolute Gasteiger partial charge is 0.342 e. The number of hydrogen-bond donors (Lipinski definition) is 1. The van der Waals surface area contributed by atoms with E-state index in [4.69, 9.17) is 0 Å². The lowest BCUT2D eigenvalue weighted by Crippen LogP contribution is -2.38. The molecular formula is C13H29N3O. The van der Waals surface area contributed by atoms with Crippen molar-refractivity contribution in [2.75, 3.05) is 39.8 Å². The van der Waals surface area contributed by atoms with Crippen LogP contribution in [-0.2, 0) is 4.79 Å². The molecule has 0 fully saturated rings. The predicted octanol–water partition coefficient (Wildman–Crippen LogP) is 1.17. The molecule has 0 radical (unpaired) electrons. The molecule has 4 nitrogen and oxygen atoms in total. The standard InChI is InChI=1S/C13H29N3O/c1-6-16(7-2)13(17)11-14-9-8-10-15(5)12(3)4/h12,14H,6-11H2,1-5H3. The average Bonchev–Trinajstić information content (AvgIpc) is 2.29. The number of nitrogens with zero attached hydrogens (tertiary/aromatic N) is 2. The van der Waals surface area contributed by atoms with Crippen LogP contribution in [0.15, 0.2) is 0 Å². The van der Waals surface area contributed by atoms with E-state index >= 15 is 0 Å². The van der Waals surface area contributed by atoms with Crippen LogP contribution in [0.1, 0.15) is 34.1 Å². The Hall–Kier alpha value is -0.610. The van der Waals surface area contributed by atoms with Gasteiger partial charge in [-0.3, -0.25) is 4.79 Å². The van der Waals surface area contributed by atoms with Gasteiger partial charge < -0.3 is 15.1 Å². The Balaban J connectivity index is 3.54. The van der Waals surface area contributed by atoms with Gasteiger partial charge in [0.05, 0.1) is 6.54 Å². The molecule has 17 heavy (non-hydrogen) atoms. The molecule has 0 atom stereocenters. The van der Waals surface area contributed by atoms with E-state index in [1.807, 2.05) is 18.7 Å². The van der Waals surface area contributed by atoms with Crippen molar-refractivity contribution in [3.05, 3.63) is 0 Å². The lowest BCUT2D eigenvalue weighted by atomic mass is 10.3. The maximum atomic E-state index is 11.7. The van der Waals surface area contributed by atoms with Crippen molar-refractivity contribution < 1.29 is 4.79 Å². The van der Waals surface area contributed by atoms with E-state index in [1.54, 1.807) is 0 Å². The Labute approximate surface area is 106 Å². The fraction of sp³-hybridized carbons (Fsp3) is 0.923. The Morgan fingerprint density at radius 3 is 2.29 bits per heavy atom. The highest BCUT2D eigenvalue weighted by Crippen LogP contribution is 1.94. The molecule has 1 amide bonds. The maximum Gasteiger partial charge on any atom is 0.236 e.